The van der Waals surface area contributed by atoms with Crippen LogP contribution in [0.5, 0.6) is 5.75 Å². The van der Waals surface area contributed by atoms with E-state index < -0.39 is 25.9 Å². The van der Waals surface area contributed by atoms with Crippen LogP contribution in [0.25, 0.3) is 17.2 Å². The lowest BCUT2D eigenvalue weighted by molar-refractivity contribution is -0.0507. The molecule has 55 heavy (non-hydrogen) atoms. The fourth-order valence-corrected chi connectivity index (χ4v) is 9.32. The largest absolute Gasteiger partial charge is 0.476 e. The average molecular weight is 768 g/mol. The first kappa shape index (κ1) is 36.8. The van der Waals surface area contributed by atoms with Crippen molar-refractivity contribution in [1.82, 2.24) is 14.9 Å². The number of carbonyl (C=O) groups excluding carboxylic acids is 1. The van der Waals surface area contributed by atoms with E-state index >= 15 is 4.39 Å². The molecular formula is C42H37F3N3O6P. The zero-order valence-electron chi connectivity index (χ0n) is 30.2. The molecule has 3 aliphatic rings. The van der Waals surface area contributed by atoms with Gasteiger partial charge in [0.15, 0.2) is 5.82 Å². The fraction of sp³-hybridized carbons (Fsp3) is 0.262. The van der Waals surface area contributed by atoms with Gasteiger partial charge in [-0.3, -0.25) is 18.4 Å². The highest BCUT2D eigenvalue weighted by Crippen LogP contribution is 2.60. The van der Waals surface area contributed by atoms with E-state index in [0.29, 0.717) is 28.7 Å². The second-order valence-electron chi connectivity index (χ2n) is 14.3. The molecule has 1 unspecified atom stereocenters. The third kappa shape index (κ3) is 7.11. The van der Waals surface area contributed by atoms with Gasteiger partial charge in [0.2, 0.25) is 0 Å². The van der Waals surface area contributed by atoms with Gasteiger partial charge >= 0.3 is 14.4 Å². The first-order valence-electron chi connectivity index (χ1n) is 17.8. The van der Waals surface area contributed by atoms with Crippen molar-refractivity contribution in [2.24, 2.45) is 0 Å². The summed E-state index contributed by atoms with van der Waals surface area (Å²) in [5.74, 6) is -1.34. The number of fused-ring (bicyclic) bond motifs is 9. The highest BCUT2D eigenvalue weighted by molar-refractivity contribution is 7.48. The Morgan fingerprint density at radius 2 is 1.53 bits per heavy atom. The van der Waals surface area contributed by atoms with Crippen LogP contribution in [-0.2, 0) is 37.0 Å². The van der Waals surface area contributed by atoms with E-state index in [-0.39, 0.29) is 54.1 Å². The van der Waals surface area contributed by atoms with Crippen LogP contribution in [-0.4, -0.2) is 40.5 Å². The molecule has 9 nitrogen and oxygen atoms in total. The molecule has 2 aliphatic carbocycles. The molecule has 5 aromatic rings. The quantitative estimate of drug-likeness (QED) is 0.116. The van der Waals surface area contributed by atoms with Gasteiger partial charge in [-0.2, -0.15) is 8.78 Å². The molecule has 0 saturated heterocycles. The number of alkyl halides is 2. The number of aromatic nitrogens is 2. The lowest BCUT2D eigenvalue weighted by Crippen LogP contribution is -2.36. The number of nitrogens with zero attached hydrogens (tertiary/aromatic N) is 3. The van der Waals surface area contributed by atoms with Crippen LogP contribution in [0.1, 0.15) is 76.1 Å². The number of halogens is 3. The van der Waals surface area contributed by atoms with Gasteiger partial charge in [-0.25, -0.2) is 18.9 Å². The van der Waals surface area contributed by atoms with E-state index in [1.165, 1.54) is 24.5 Å². The normalized spacial score (nSPS) is 18.8. The lowest BCUT2D eigenvalue weighted by Gasteiger charge is -2.29. The van der Waals surface area contributed by atoms with Crippen molar-refractivity contribution in [3.63, 3.8) is 0 Å². The Morgan fingerprint density at radius 3 is 2.15 bits per heavy atom. The highest BCUT2D eigenvalue weighted by atomic mass is 31.2. The highest BCUT2D eigenvalue weighted by Gasteiger charge is 2.51. The van der Waals surface area contributed by atoms with Gasteiger partial charge in [-0.05, 0) is 72.4 Å². The maximum atomic E-state index is 15.9. The standard InChI is InChI=1S/C42H37F3N3O6P/c1-42(2,54-55(50,51-23-25-11-6-4-7-12-25)52-24-26-13-8-5-9-14-26)40-46-21-28(22-47-40)30-19-31-27(18-34(30)43)17-32-35-20-33(37(31)32)38-29(39(49)48(35)3)15-10-16-36(38)53-41(44)45/h4-19,21-22,33,35,37,41H,20,23-24H2,1-3H3/t33-,35+,37?/m1/s1. The van der Waals surface area contributed by atoms with Gasteiger partial charge in [0, 0.05) is 53.5 Å². The Labute approximate surface area is 316 Å². The fourth-order valence-electron chi connectivity index (χ4n) is 7.89. The minimum atomic E-state index is -4.21. The summed E-state index contributed by atoms with van der Waals surface area (Å²) in [5.41, 5.74) is 3.92. The summed E-state index contributed by atoms with van der Waals surface area (Å²) in [6, 6.07) is 26.0. The smallest absolute Gasteiger partial charge is 0.435 e. The molecular weight excluding hydrogens is 730 g/mol. The molecule has 2 heterocycles. The monoisotopic (exact) mass is 767 g/mol. The van der Waals surface area contributed by atoms with E-state index in [9.17, 15) is 18.1 Å². The molecule has 2 bridgehead atoms. The van der Waals surface area contributed by atoms with E-state index in [0.717, 1.165) is 22.3 Å². The minimum Gasteiger partial charge on any atom is -0.435 e. The van der Waals surface area contributed by atoms with Gasteiger partial charge in [0.25, 0.3) is 5.91 Å². The number of hydrogen-bond donors (Lipinski definition) is 0. The van der Waals surface area contributed by atoms with Crippen LogP contribution < -0.4 is 4.74 Å². The number of amides is 1. The molecule has 1 aromatic heterocycles. The Morgan fingerprint density at radius 1 is 0.891 bits per heavy atom. The maximum absolute atomic E-state index is 15.9. The van der Waals surface area contributed by atoms with Crippen molar-refractivity contribution in [3.8, 4) is 16.9 Å². The average Bonchev–Trinajstić information content (AvgIpc) is 3.69. The molecule has 8 rings (SSSR count). The Kier molecular flexibility index (Phi) is 9.71. The summed E-state index contributed by atoms with van der Waals surface area (Å²) in [7, 11) is -2.51. The predicted molar refractivity (Wildman–Crippen MR) is 199 cm³/mol. The van der Waals surface area contributed by atoms with Gasteiger partial charge in [-0.1, -0.05) is 72.8 Å². The third-order valence-electron chi connectivity index (χ3n) is 10.4. The molecule has 1 fully saturated rings. The van der Waals surface area contributed by atoms with Crippen molar-refractivity contribution in [1.29, 1.82) is 0 Å². The zero-order chi connectivity index (χ0) is 38.5. The molecule has 282 valence electrons. The van der Waals surface area contributed by atoms with E-state index in [1.807, 2.05) is 66.7 Å². The number of carbonyl (C=O) groups is 1. The second kappa shape index (κ2) is 14.5. The van der Waals surface area contributed by atoms with Crippen LogP contribution in [0.3, 0.4) is 0 Å². The van der Waals surface area contributed by atoms with Crippen molar-refractivity contribution >= 4 is 19.8 Å². The molecule has 0 radical (unpaired) electrons. The van der Waals surface area contributed by atoms with Crippen LogP contribution >= 0.6 is 7.82 Å². The number of likely N-dealkylation sites (N-methyl/N-ethyl adjacent to an activating group) is 1. The number of phosphoric ester groups is 1. The molecule has 1 amide bonds. The van der Waals surface area contributed by atoms with Gasteiger partial charge in [0.1, 0.15) is 17.2 Å². The number of phosphoric acid groups is 1. The first-order valence-corrected chi connectivity index (χ1v) is 19.3. The van der Waals surface area contributed by atoms with E-state index in [1.54, 1.807) is 44.0 Å². The van der Waals surface area contributed by atoms with E-state index in [4.69, 9.17) is 18.3 Å². The molecule has 1 saturated carbocycles. The maximum Gasteiger partial charge on any atom is 0.476 e. The molecule has 0 spiro atoms. The Bertz CT molecular complexity index is 2280. The molecule has 3 atom stereocenters. The van der Waals surface area contributed by atoms with E-state index in [2.05, 4.69) is 9.97 Å². The molecule has 13 heteroatoms. The minimum absolute atomic E-state index is 0.0295. The predicted octanol–water partition coefficient (Wildman–Crippen LogP) is 9.80. The van der Waals surface area contributed by atoms with Gasteiger partial charge in [-0.15, -0.1) is 0 Å². The molecule has 4 aromatic carbocycles. The topological polar surface area (TPSA) is 100 Å². The van der Waals surface area contributed by atoms with Crippen molar-refractivity contribution < 1.29 is 40.8 Å². The molecule has 0 N–H and O–H groups in total. The number of rotatable bonds is 12. The second-order valence-corrected chi connectivity index (χ2v) is 15.9. The van der Waals surface area contributed by atoms with Crippen molar-refractivity contribution in [2.75, 3.05) is 7.05 Å². The van der Waals surface area contributed by atoms with Crippen LogP contribution in [0.4, 0.5) is 13.2 Å². The van der Waals surface area contributed by atoms with Gasteiger partial charge in [0.05, 0.1) is 19.3 Å². The third-order valence-corrected chi connectivity index (χ3v) is 12.0. The number of hydrogen-bond acceptors (Lipinski definition) is 8. The summed E-state index contributed by atoms with van der Waals surface area (Å²) in [5, 5.41) is 0. The summed E-state index contributed by atoms with van der Waals surface area (Å²) in [6.07, 6.45) is 5.34. The summed E-state index contributed by atoms with van der Waals surface area (Å²) >= 11 is 0. The van der Waals surface area contributed by atoms with Crippen LogP contribution in [0.15, 0.2) is 109 Å². The SMILES string of the molecule is CN1C(=O)c2cccc(OC(F)F)c2[C@@H]2C[C@H]1C1=Cc3cc(F)c(-c4cnc(C(C)(C)OP(=O)(OCc5ccccc5)OCc5ccccc5)nc4)cc3C12. The number of ether oxygens (including phenoxy) is 1. The zero-order valence-corrected chi connectivity index (χ0v) is 31.1. The van der Waals surface area contributed by atoms with Gasteiger partial charge < -0.3 is 9.64 Å². The molecule has 1 aliphatic heterocycles. The Hall–Kier alpha value is -5.13. The summed E-state index contributed by atoms with van der Waals surface area (Å²) < 4.78 is 79.8. The first-order chi connectivity index (χ1) is 26.4. The number of benzene rings is 4. The van der Waals surface area contributed by atoms with Crippen molar-refractivity contribution in [3.05, 3.63) is 154 Å². The van der Waals surface area contributed by atoms with Crippen molar-refractivity contribution in [2.45, 2.75) is 63.6 Å². The summed E-state index contributed by atoms with van der Waals surface area (Å²) in [6.45, 7) is 0.153. The van der Waals surface area contributed by atoms with Crippen LogP contribution in [0.2, 0.25) is 0 Å². The lowest BCUT2D eigenvalue weighted by atomic mass is 9.80. The summed E-state index contributed by atoms with van der Waals surface area (Å²) in [4.78, 5) is 24.2. The van der Waals surface area contributed by atoms with Crippen LogP contribution in [0, 0.1) is 5.82 Å². The Balaban J connectivity index is 1.07.